The van der Waals surface area contributed by atoms with Gasteiger partial charge in [-0.15, -0.1) is 0 Å². The summed E-state index contributed by atoms with van der Waals surface area (Å²) < 4.78 is 28.1. The number of hydrogen-bond donors (Lipinski definition) is 3. The van der Waals surface area contributed by atoms with Crippen LogP contribution in [0.1, 0.15) is 0 Å². The Balaban J connectivity index is 2.24. The molecule has 0 saturated carbocycles. The monoisotopic (exact) mass is 232 g/mol. The molecule has 90 valence electrons. The molecule has 1 aromatic heterocycles. The SMILES string of the molecule is Nc1ccc(NCCOCC(F)F)nc1N. The Hall–Kier alpha value is -1.63. The fourth-order valence-corrected chi connectivity index (χ4v) is 1.01. The summed E-state index contributed by atoms with van der Waals surface area (Å²) in [6, 6.07) is 3.27. The lowest BCUT2D eigenvalue weighted by Gasteiger charge is -2.07. The molecule has 0 spiro atoms. The van der Waals surface area contributed by atoms with Crippen molar-refractivity contribution in [1.82, 2.24) is 4.98 Å². The summed E-state index contributed by atoms with van der Waals surface area (Å²) in [4.78, 5) is 3.94. The van der Waals surface area contributed by atoms with Crippen molar-refractivity contribution in [2.75, 3.05) is 36.5 Å². The number of anilines is 3. The van der Waals surface area contributed by atoms with Crippen LogP contribution in [0.2, 0.25) is 0 Å². The van der Waals surface area contributed by atoms with Crippen molar-refractivity contribution >= 4 is 17.3 Å². The van der Waals surface area contributed by atoms with Crippen molar-refractivity contribution in [1.29, 1.82) is 0 Å². The Kier molecular flexibility index (Phi) is 4.71. The maximum atomic E-state index is 11.7. The summed E-state index contributed by atoms with van der Waals surface area (Å²) >= 11 is 0. The Morgan fingerprint density at radius 3 is 2.75 bits per heavy atom. The zero-order valence-electron chi connectivity index (χ0n) is 8.62. The van der Waals surface area contributed by atoms with Crippen LogP contribution in [-0.2, 0) is 4.74 Å². The fraction of sp³-hybridized carbons (Fsp3) is 0.444. The van der Waals surface area contributed by atoms with Gasteiger partial charge in [-0.25, -0.2) is 13.8 Å². The molecule has 0 unspecified atom stereocenters. The van der Waals surface area contributed by atoms with Crippen LogP contribution in [0.5, 0.6) is 0 Å². The molecule has 5 nitrogen and oxygen atoms in total. The van der Waals surface area contributed by atoms with Crippen molar-refractivity contribution in [3.05, 3.63) is 12.1 Å². The average Bonchev–Trinajstić information content (AvgIpc) is 2.22. The largest absolute Gasteiger partial charge is 0.396 e. The molecule has 0 aliphatic rings. The van der Waals surface area contributed by atoms with E-state index in [1.165, 1.54) is 0 Å². The number of pyridine rings is 1. The molecule has 5 N–H and O–H groups in total. The maximum Gasteiger partial charge on any atom is 0.261 e. The highest BCUT2D eigenvalue weighted by molar-refractivity contribution is 5.61. The Morgan fingerprint density at radius 2 is 2.12 bits per heavy atom. The first-order chi connectivity index (χ1) is 7.59. The van der Waals surface area contributed by atoms with Gasteiger partial charge in [0.2, 0.25) is 0 Å². The topological polar surface area (TPSA) is 86.2 Å². The minimum absolute atomic E-state index is 0.177. The van der Waals surface area contributed by atoms with E-state index < -0.39 is 13.0 Å². The predicted molar refractivity (Wildman–Crippen MR) is 58.4 cm³/mol. The number of hydrogen-bond acceptors (Lipinski definition) is 5. The minimum Gasteiger partial charge on any atom is -0.396 e. The lowest BCUT2D eigenvalue weighted by atomic mass is 10.4. The quantitative estimate of drug-likeness (QED) is 0.635. The van der Waals surface area contributed by atoms with E-state index in [-0.39, 0.29) is 12.4 Å². The van der Waals surface area contributed by atoms with Gasteiger partial charge in [-0.05, 0) is 12.1 Å². The van der Waals surface area contributed by atoms with Crippen LogP contribution in [0, 0.1) is 0 Å². The van der Waals surface area contributed by atoms with Gasteiger partial charge in [0.05, 0.1) is 12.3 Å². The van der Waals surface area contributed by atoms with E-state index in [2.05, 4.69) is 15.0 Å². The molecule has 0 radical (unpaired) electrons. The molecule has 0 saturated heterocycles. The second-order valence-corrected chi connectivity index (χ2v) is 3.06. The van der Waals surface area contributed by atoms with E-state index >= 15 is 0 Å². The molecule has 1 heterocycles. The highest BCUT2D eigenvalue weighted by Crippen LogP contribution is 2.14. The van der Waals surface area contributed by atoms with Crippen LogP contribution >= 0.6 is 0 Å². The highest BCUT2D eigenvalue weighted by Gasteiger charge is 2.01. The Morgan fingerprint density at radius 1 is 1.38 bits per heavy atom. The smallest absolute Gasteiger partial charge is 0.261 e. The molecule has 1 rings (SSSR count). The van der Waals surface area contributed by atoms with Gasteiger partial charge in [0, 0.05) is 6.54 Å². The molecular formula is C9H14F2N4O. The third-order valence-corrected chi connectivity index (χ3v) is 1.75. The number of nitrogens with zero attached hydrogens (tertiary/aromatic N) is 1. The van der Waals surface area contributed by atoms with Gasteiger partial charge >= 0.3 is 0 Å². The molecule has 0 atom stereocenters. The Labute approximate surface area is 91.8 Å². The second-order valence-electron chi connectivity index (χ2n) is 3.06. The van der Waals surface area contributed by atoms with Gasteiger partial charge in [-0.3, -0.25) is 0 Å². The number of nitrogens with one attached hydrogen (secondary N) is 1. The minimum atomic E-state index is -2.44. The first-order valence-electron chi connectivity index (χ1n) is 4.71. The Bertz CT molecular complexity index is 335. The second kappa shape index (κ2) is 6.06. The first-order valence-corrected chi connectivity index (χ1v) is 4.71. The third kappa shape index (κ3) is 4.26. The van der Waals surface area contributed by atoms with E-state index in [0.717, 1.165) is 0 Å². The molecule has 0 aliphatic heterocycles. The van der Waals surface area contributed by atoms with E-state index in [1.807, 2.05) is 0 Å². The number of nitrogen functional groups attached to an aromatic ring is 2. The van der Waals surface area contributed by atoms with Crippen LogP contribution in [0.15, 0.2) is 12.1 Å². The van der Waals surface area contributed by atoms with Crippen molar-refractivity contribution in [3.8, 4) is 0 Å². The summed E-state index contributed by atoms with van der Waals surface area (Å²) in [7, 11) is 0. The number of nitrogens with two attached hydrogens (primary N) is 2. The van der Waals surface area contributed by atoms with E-state index in [1.54, 1.807) is 12.1 Å². The van der Waals surface area contributed by atoms with Crippen molar-refractivity contribution in [2.45, 2.75) is 6.43 Å². The van der Waals surface area contributed by atoms with Crippen LogP contribution < -0.4 is 16.8 Å². The lowest BCUT2D eigenvalue weighted by molar-refractivity contribution is 0.0215. The zero-order valence-corrected chi connectivity index (χ0v) is 8.62. The van der Waals surface area contributed by atoms with Gasteiger partial charge in [0.25, 0.3) is 6.43 Å². The van der Waals surface area contributed by atoms with Gasteiger partial charge in [0.15, 0.2) is 0 Å². The molecular weight excluding hydrogens is 218 g/mol. The van der Waals surface area contributed by atoms with Gasteiger partial charge in [0.1, 0.15) is 18.2 Å². The average molecular weight is 232 g/mol. The third-order valence-electron chi connectivity index (χ3n) is 1.75. The lowest BCUT2D eigenvalue weighted by Crippen LogP contribution is -2.14. The van der Waals surface area contributed by atoms with Crippen LogP contribution in [-0.4, -0.2) is 31.2 Å². The zero-order chi connectivity index (χ0) is 12.0. The molecule has 0 aliphatic carbocycles. The van der Waals surface area contributed by atoms with Gasteiger partial charge in [-0.2, -0.15) is 0 Å². The van der Waals surface area contributed by atoms with Crippen LogP contribution in [0.4, 0.5) is 26.1 Å². The van der Waals surface area contributed by atoms with Crippen LogP contribution in [0.25, 0.3) is 0 Å². The summed E-state index contributed by atoms with van der Waals surface area (Å²) in [5, 5.41) is 2.87. The molecule has 0 aromatic carbocycles. The van der Waals surface area contributed by atoms with E-state index in [4.69, 9.17) is 11.5 Å². The first kappa shape index (κ1) is 12.4. The molecule has 0 bridgehead atoms. The standard InChI is InChI=1S/C9H14F2N4O/c10-7(11)5-16-4-3-14-8-2-1-6(12)9(13)15-8/h1-2,7H,3-5,12H2,(H3,13,14,15). The molecule has 0 amide bonds. The molecule has 7 heteroatoms. The summed E-state index contributed by atoms with van der Waals surface area (Å²) in [5.74, 6) is 0.769. The maximum absolute atomic E-state index is 11.7. The van der Waals surface area contributed by atoms with Crippen molar-refractivity contribution < 1.29 is 13.5 Å². The van der Waals surface area contributed by atoms with Crippen molar-refractivity contribution in [2.24, 2.45) is 0 Å². The number of ether oxygens (including phenoxy) is 1. The van der Waals surface area contributed by atoms with Crippen LogP contribution in [0.3, 0.4) is 0 Å². The van der Waals surface area contributed by atoms with Gasteiger partial charge < -0.3 is 21.5 Å². The number of halogens is 2. The summed E-state index contributed by atoms with van der Waals surface area (Å²) in [6.07, 6.45) is -2.44. The summed E-state index contributed by atoms with van der Waals surface area (Å²) in [5.41, 5.74) is 11.4. The molecule has 0 fully saturated rings. The summed E-state index contributed by atoms with van der Waals surface area (Å²) in [6.45, 7) is -0.00162. The normalized spacial score (nSPS) is 10.7. The highest BCUT2D eigenvalue weighted by atomic mass is 19.3. The fourth-order valence-electron chi connectivity index (χ4n) is 1.01. The predicted octanol–water partition coefficient (Wildman–Crippen LogP) is 0.940. The number of alkyl halides is 2. The number of rotatable bonds is 6. The van der Waals surface area contributed by atoms with Gasteiger partial charge in [-0.1, -0.05) is 0 Å². The van der Waals surface area contributed by atoms with E-state index in [0.29, 0.717) is 18.1 Å². The van der Waals surface area contributed by atoms with Crippen molar-refractivity contribution in [3.63, 3.8) is 0 Å². The number of aromatic nitrogens is 1. The molecule has 1 aromatic rings. The molecule has 16 heavy (non-hydrogen) atoms. The van der Waals surface area contributed by atoms with E-state index in [9.17, 15) is 8.78 Å².